The Morgan fingerprint density at radius 1 is 1.40 bits per heavy atom. The molecule has 0 N–H and O–H groups in total. The molecule has 0 saturated carbocycles. The van der Waals surface area contributed by atoms with E-state index in [1.165, 1.54) is 0 Å². The van der Waals surface area contributed by atoms with Crippen LogP contribution in [-0.4, -0.2) is 15.4 Å². The highest BCUT2D eigenvalue weighted by molar-refractivity contribution is 6.31. The molecule has 0 aliphatic rings. The number of rotatable bonds is 3. The van der Waals surface area contributed by atoms with Crippen molar-refractivity contribution in [1.82, 2.24) is 9.55 Å². The van der Waals surface area contributed by atoms with Gasteiger partial charge in [0.1, 0.15) is 5.82 Å². The molecule has 80 valence electrons. The first-order valence-electron chi connectivity index (χ1n) is 4.89. The highest BCUT2D eigenvalue weighted by atomic mass is 35.5. The Balaban J connectivity index is 2.45. The molecule has 0 aliphatic carbocycles. The molecule has 0 unspecified atom stereocenters. The lowest BCUT2D eigenvalue weighted by atomic mass is 10.3. The molecule has 1 aromatic carbocycles. The molecular weight excluding hydrogens is 231 g/mol. The van der Waals surface area contributed by atoms with Crippen LogP contribution in [0.15, 0.2) is 18.2 Å². The molecule has 1 heterocycles. The summed E-state index contributed by atoms with van der Waals surface area (Å²) in [5.41, 5.74) is 2.07. The predicted octanol–water partition coefficient (Wildman–Crippen LogP) is 3.40. The Bertz CT molecular complexity index is 477. The predicted molar refractivity (Wildman–Crippen MR) is 64.8 cm³/mol. The average Bonchev–Trinajstić information content (AvgIpc) is 2.53. The van der Waals surface area contributed by atoms with Gasteiger partial charge in [-0.25, -0.2) is 4.98 Å². The van der Waals surface area contributed by atoms with E-state index in [1.54, 1.807) is 0 Å². The number of benzene rings is 1. The standard InChI is InChI=1S/C11H12Cl2N2/c1-15-10-7-8(13)4-5-9(10)14-11(15)3-2-6-12/h4-5,7H,2-3,6H2,1H3. The molecule has 0 bridgehead atoms. The summed E-state index contributed by atoms with van der Waals surface area (Å²) in [6, 6.07) is 5.75. The lowest BCUT2D eigenvalue weighted by Gasteiger charge is -2.00. The third-order valence-electron chi connectivity index (χ3n) is 2.47. The molecule has 0 radical (unpaired) electrons. The van der Waals surface area contributed by atoms with E-state index >= 15 is 0 Å². The van der Waals surface area contributed by atoms with Crippen molar-refractivity contribution in [2.75, 3.05) is 5.88 Å². The van der Waals surface area contributed by atoms with E-state index in [0.29, 0.717) is 5.88 Å². The van der Waals surface area contributed by atoms with Crippen molar-refractivity contribution in [1.29, 1.82) is 0 Å². The number of aryl methyl sites for hydroxylation is 2. The maximum absolute atomic E-state index is 5.94. The molecule has 15 heavy (non-hydrogen) atoms. The molecule has 0 spiro atoms. The van der Waals surface area contributed by atoms with Crippen LogP contribution < -0.4 is 0 Å². The molecule has 2 rings (SSSR count). The monoisotopic (exact) mass is 242 g/mol. The van der Waals surface area contributed by atoms with Crippen molar-refractivity contribution in [3.05, 3.63) is 29.0 Å². The topological polar surface area (TPSA) is 17.8 Å². The fraction of sp³-hybridized carbons (Fsp3) is 0.364. The Morgan fingerprint density at radius 3 is 2.93 bits per heavy atom. The molecule has 0 saturated heterocycles. The summed E-state index contributed by atoms with van der Waals surface area (Å²) in [7, 11) is 2.01. The van der Waals surface area contributed by atoms with E-state index in [-0.39, 0.29) is 0 Å². The third-order valence-corrected chi connectivity index (χ3v) is 2.97. The molecular formula is C11H12Cl2N2. The maximum atomic E-state index is 5.94. The van der Waals surface area contributed by atoms with Gasteiger partial charge in [-0.2, -0.15) is 0 Å². The Hall–Kier alpha value is -0.730. The minimum atomic E-state index is 0.671. The van der Waals surface area contributed by atoms with Gasteiger partial charge in [0.25, 0.3) is 0 Å². The summed E-state index contributed by atoms with van der Waals surface area (Å²) in [6.07, 6.45) is 1.86. The van der Waals surface area contributed by atoms with Crippen molar-refractivity contribution in [2.24, 2.45) is 7.05 Å². The molecule has 0 aliphatic heterocycles. The molecule has 1 aromatic heterocycles. The third kappa shape index (κ3) is 2.11. The summed E-state index contributed by atoms with van der Waals surface area (Å²) < 4.78 is 2.08. The van der Waals surface area contributed by atoms with Crippen LogP contribution in [0.3, 0.4) is 0 Å². The zero-order valence-corrected chi connectivity index (χ0v) is 10.0. The maximum Gasteiger partial charge on any atom is 0.109 e. The smallest absolute Gasteiger partial charge is 0.109 e. The quantitative estimate of drug-likeness (QED) is 0.755. The van der Waals surface area contributed by atoms with E-state index in [2.05, 4.69) is 9.55 Å². The number of hydrogen-bond donors (Lipinski definition) is 0. The van der Waals surface area contributed by atoms with E-state index in [9.17, 15) is 0 Å². The van der Waals surface area contributed by atoms with Gasteiger partial charge in [0.15, 0.2) is 0 Å². The normalized spacial score (nSPS) is 11.1. The number of alkyl halides is 1. The zero-order valence-electron chi connectivity index (χ0n) is 8.50. The fourth-order valence-corrected chi connectivity index (χ4v) is 1.96. The van der Waals surface area contributed by atoms with Gasteiger partial charge in [-0.15, -0.1) is 11.6 Å². The minimum Gasteiger partial charge on any atom is -0.331 e. The molecule has 2 nitrogen and oxygen atoms in total. The Morgan fingerprint density at radius 2 is 2.20 bits per heavy atom. The molecule has 4 heteroatoms. The van der Waals surface area contributed by atoms with Gasteiger partial charge >= 0.3 is 0 Å². The Labute approximate surface area is 98.8 Å². The van der Waals surface area contributed by atoms with E-state index in [0.717, 1.165) is 34.7 Å². The van der Waals surface area contributed by atoms with Crippen molar-refractivity contribution in [3.8, 4) is 0 Å². The van der Waals surface area contributed by atoms with Crippen LogP contribution >= 0.6 is 23.2 Å². The summed E-state index contributed by atoms with van der Waals surface area (Å²) in [5.74, 6) is 1.73. The van der Waals surface area contributed by atoms with Gasteiger partial charge in [-0.1, -0.05) is 11.6 Å². The van der Waals surface area contributed by atoms with Crippen LogP contribution in [-0.2, 0) is 13.5 Å². The summed E-state index contributed by atoms with van der Waals surface area (Å²) in [4.78, 5) is 4.54. The lowest BCUT2D eigenvalue weighted by Crippen LogP contribution is -1.98. The second kappa shape index (κ2) is 4.42. The van der Waals surface area contributed by atoms with Crippen LogP contribution in [0.5, 0.6) is 0 Å². The highest BCUT2D eigenvalue weighted by Gasteiger charge is 2.07. The van der Waals surface area contributed by atoms with Crippen LogP contribution in [0.2, 0.25) is 5.02 Å². The molecule has 0 amide bonds. The number of aromatic nitrogens is 2. The first-order valence-corrected chi connectivity index (χ1v) is 5.80. The van der Waals surface area contributed by atoms with Crippen LogP contribution in [0.25, 0.3) is 11.0 Å². The number of imidazole rings is 1. The molecule has 0 fully saturated rings. The van der Waals surface area contributed by atoms with Gasteiger partial charge in [-0.3, -0.25) is 0 Å². The number of fused-ring (bicyclic) bond motifs is 1. The van der Waals surface area contributed by atoms with Gasteiger partial charge in [-0.05, 0) is 24.6 Å². The van der Waals surface area contributed by atoms with Crippen molar-refractivity contribution in [3.63, 3.8) is 0 Å². The molecule has 2 aromatic rings. The van der Waals surface area contributed by atoms with Gasteiger partial charge in [0, 0.05) is 24.4 Å². The number of halogens is 2. The number of hydrogen-bond acceptors (Lipinski definition) is 1. The van der Waals surface area contributed by atoms with Gasteiger partial charge in [0.2, 0.25) is 0 Å². The highest BCUT2D eigenvalue weighted by Crippen LogP contribution is 2.20. The first kappa shape index (κ1) is 10.8. The SMILES string of the molecule is Cn1c(CCCCl)nc2ccc(Cl)cc21. The van der Waals surface area contributed by atoms with Crippen LogP contribution in [0, 0.1) is 0 Å². The second-order valence-corrected chi connectivity index (χ2v) is 4.33. The minimum absolute atomic E-state index is 0.671. The van der Waals surface area contributed by atoms with Gasteiger partial charge in [0.05, 0.1) is 11.0 Å². The molecule has 0 atom stereocenters. The van der Waals surface area contributed by atoms with Crippen molar-refractivity contribution in [2.45, 2.75) is 12.8 Å². The van der Waals surface area contributed by atoms with Crippen LogP contribution in [0.1, 0.15) is 12.2 Å². The largest absolute Gasteiger partial charge is 0.331 e. The van der Waals surface area contributed by atoms with E-state index in [1.807, 2.05) is 25.2 Å². The lowest BCUT2D eigenvalue weighted by molar-refractivity contribution is 0.775. The average molecular weight is 243 g/mol. The summed E-state index contributed by atoms with van der Waals surface area (Å²) in [6.45, 7) is 0. The van der Waals surface area contributed by atoms with E-state index < -0.39 is 0 Å². The van der Waals surface area contributed by atoms with Crippen LogP contribution in [0.4, 0.5) is 0 Å². The number of nitrogens with zero attached hydrogens (tertiary/aromatic N) is 2. The zero-order chi connectivity index (χ0) is 10.8. The summed E-state index contributed by atoms with van der Waals surface area (Å²) in [5, 5.41) is 0.745. The fourth-order valence-electron chi connectivity index (χ4n) is 1.66. The van der Waals surface area contributed by atoms with Gasteiger partial charge < -0.3 is 4.57 Å². The second-order valence-electron chi connectivity index (χ2n) is 3.51. The Kier molecular flexibility index (Phi) is 3.17. The first-order chi connectivity index (χ1) is 7.22. The summed E-state index contributed by atoms with van der Waals surface area (Å²) >= 11 is 11.6. The van der Waals surface area contributed by atoms with E-state index in [4.69, 9.17) is 23.2 Å². The van der Waals surface area contributed by atoms with Crippen molar-refractivity contribution < 1.29 is 0 Å². The van der Waals surface area contributed by atoms with Crippen molar-refractivity contribution >= 4 is 34.2 Å².